The van der Waals surface area contributed by atoms with Crippen molar-refractivity contribution in [2.24, 2.45) is 0 Å². The van der Waals surface area contributed by atoms with Crippen LogP contribution >= 0.6 is 0 Å². The highest BCUT2D eigenvalue weighted by atomic mass is 16.6. The van der Waals surface area contributed by atoms with Crippen molar-refractivity contribution in [2.75, 3.05) is 0 Å². The normalized spacial score (nSPS) is 11.3. The van der Waals surface area contributed by atoms with E-state index in [1.807, 2.05) is 49.6 Å². The van der Waals surface area contributed by atoms with Gasteiger partial charge in [-0.05, 0) is 45.4 Å². The summed E-state index contributed by atoms with van der Waals surface area (Å²) in [7, 11) is 0. The van der Waals surface area contributed by atoms with Crippen molar-refractivity contribution >= 4 is 5.97 Å². The summed E-state index contributed by atoms with van der Waals surface area (Å²) in [5.74, 6) is 0.494. The predicted octanol–water partition coefficient (Wildman–Crippen LogP) is 3.37. The summed E-state index contributed by atoms with van der Waals surface area (Å²) in [6.45, 7) is 8.96. The zero-order valence-electron chi connectivity index (χ0n) is 14.2. The van der Waals surface area contributed by atoms with Crippen LogP contribution in [0.4, 0.5) is 0 Å². The Kier molecular flexibility index (Phi) is 5.42. The average Bonchev–Trinajstić information content (AvgIpc) is 2.90. The number of esters is 1. The van der Waals surface area contributed by atoms with Crippen molar-refractivity contribution in [3.63, 3.8) is 0 Å². The molecule has 0 amide bonds. The van der Waals surface area contributed by atoms with Crippen molar-refractivity contribution in [3.05, 3.63) is 48.0 Å². The molecule has 0 bridgehead atoms. The molecule has 23 heavy (non-hydrogen) atoms. The second kappa shape index (κ2) is 7.31. The molecule has 0 spiro atoms. The van der Waals surface area contributed by atoms with E-state index in [2.05, 4.69) is 11.9 Å². The Bertz CT molecular complexity index is 656. The maximum atomic E-state index is 11.9. The van der Waals surface area contributed by atoms with E-state index in [4.69, 9.17) is 9.47 Å². The van der Waals surface area contributed by atoms with Crippen molar-refractivity contribution < 1.29 is 14.3 Å². The number of nitrogens with zero attached hydrogens (tertiary/aromatic N) is 2. The van der Waals surface area contributed by atoms with E-state index < -0.39 is 5.60 Å². The van der Waals surface area contributed by atoms with Crippen molar-refractivity contribution in [1.82, 2.24) is 9.55 Å². The number of carbonyl (C=O) groups is 1. The zero-order chi connectivity index (χ0) is 16.9. The summed E-state index contributed by atoms with van der Waals surface area (Å²) >= 11 is 0. The van der Waals surface area contributed by atoms with E-state index in [1.54, 1.807) is 12.5 Å². The van der Waals surface area contributed by atoms with Gasteiger partial charge in [0, 0.05) is 6.54 Å². The smallest absolute Gasteiger partial charge is 0.310 e. The molecule has 2 rings (SSSR count). The van der Waals surface area contributed by atoms with Crippen molar-refractivity contribution in [2.45, 2.75) is 52.9 Å². The predicted molar refractivity (Wildman–Crippen MR) is 88.2 cm³/mol. The Morgan fingerprint density at radius 1 is 1.30 bits per heavy atom. The first kappa shape index (κ1) is 17.1. The molecule has 0 N–H and O–H groups in total. The molecule has 124 valence electrons. The quantitative estimate of drug-likeness (QED) is 0.767. The molecule has 1 aromatic heterocycles. The molecule has 1 aromatic carbocycles. The summed E-state index contributed by atoms with van der Waals surface area (Å²) in [6.07, 6.45) is 3.83. The monoisotopic (exact) mass is 316 g/mol. The lowest BCUT2D eigenvalue weighted by Crippen LogP contribution is -2.24. The highest BCUT2D eigenvalue weighted by molar-refractivity contribution is 5.73. The lowest BCUT2D eigenvalue weighted by molar-refractivity contribution is -0.153. The fourth-order valence-electron chi connectivity index (χ4n) is 2.20. The molecule has 2 aromatic rings. The van der Waals surface area contributed by atoms with E-state index in [0.29, 0.717) is 6.61 Å². The number of ether oxygens (including phenoxy) is 2. The van der Waals surface area contributed by atoms with Gasteiger partial charge in [-0.15, -0.1) is 0 Å². The van der Waals surface area contributed by atoms with Gasteiger partial charge in [0.25, 0.3) is 0 Å². The van der Waals surface area contributed by atoms with Crippen molar-refractivity contribution in [1.29, 1.82) is 0 Å². The summed E-state index contributed by atoms with van der Waals surface area (Å²) in [5, 5.41) is 0. The fraction of sp³-hybridized carbons (Fsp3) is 0.444. The SMILES string of the molecule is CCn1cncc1COc1cccc(CC(=O)OC(C)(C)C)c1. The van der Waals surface area contributed by atoms with E-state index in [-0.39, 0.29) is 12.4 Å². The Labute approximate surface area is 137 Å². The summed E-state index contributed by atoms with van der Waals surface area (Å²) in [4.78, 5) is 16.0. The number of hydrogen-bond donors (Lipinski definition) is 0. The average molecular weight is 316 g/mol. The third-order valence-corrected chi connectivity index (χ3v) is 3.19. The molecule has 0 fully saturated rings. The topological polar surface area (TPSA) is 53.4 Å². The van der Waals surface area contributed by atoms with Gasteiger partial charge in [-0.2, -0.15) is 0 Å². The minimum absolute atomic E-state index is 0.237. The number of aryl methyl sites for hydroxylation is 1. The minimum Gasteiger partial charge on any atom is -0.487 e. The van der Waals surface area contributed by atoms with Gasteiger partial charge in [0.2, 0.25) is 0 Å². The highest BCUT2D eigenvalue weighted by Gasteiger charge is 2.16. The Balaban J connectivity index is 1.96. The van der Waals surface area contributed by atoms with Gasteiger partial charge in [0.15, 0.2) is 0 Å². The number of carbonyl (C=O) groups excluding carboxylic acids is 1. The fourth-order valence-corrected chi connectivity index (χ4v) is 2.20. The van der Waals surface area contributed by atoms with E-state index in [0.717, 1.165) is 23.6 Å². The van der Waals surface area contributed by atoms with Crippen LogP contribution in [0.1, 0.15) is 39.0 Å². The van der Waals surface area contributed by atoms with Crippen LogP contribution < -0.4 is 4.74 Å². The van der Waals surface area contributed by atoms with Gasteiger partial charge in [0.1, 0.15) is 18.0 Å². The van der Waals surface area contributed by atoms with Crippen LogP contribution in [0.3, 0.4) is 0 Å². The largest absolute Gasteiger partial charge is 0.487 e. The van der Waals surface area contributed by atoms with Gasteiger partial charge < -0.3 is 14.0 Å². The Morgan fingerprint density at radius 3 is 2.78 bits per heavy atom. The minimum atomic E-state index is -0.468. The molecule has 0 saturated heterocycles. The second-order valence-corrected chi connectivity index (χ2v) is 6.37. The van der Waals surface area contributed by atoms with Crippen LogP contribution in [0.15, 0.2) is 36.8 Å². The molecule has 0 radical (unpaired) electrons. The van der Waals surface area contributed by atoms with Crippen LogP contribution in [0.2, 0.25) is 0 Å². The molecule has 0 atom stereocenters. The number of rotatable bonds is 6. The Hall–Kier alpha value is -2.30. The molecule has 0 saturated carbocycles. The van der Waals surface area contributed by atoms with E-state index >= 15 is 0 Å². The van der Waals surface area contributed by atoms with Crippen LogP contribution in [-0.2, 0) is 29.1 Å². The molecule has 5 heteroatoms. The lowest BCUT2D eigenvalue weighted by Gasteiger charge is -2.19. The van der Waals surface area contributed by atoms with E-state index in [1.165, 1.54) is 0 Å². The second-order valence-electron chi connectivity index (χ2n) is 6.37. The Morgan fingerprint density at radius 2 is 2.09 bits per heavy atom. The number of hydrogen-bond acceptors (Lipinski definition) is 4. The molecule has 0 aliphatic rings. The third-order valence-electron chi connectivity index (χ3n) is 3.19. The number of imidazole rings is 1. The standard InChI is InChI=1S/C18H24N2O3/c1-5-20-13-19-11-15(20)12-22-16-8-6-7-14(9-16)10-17(21)23-18(2,3)4/h6-9,11,13H,5,10,12H2,1-4H3. The summed E-state index contributed by atoms with van der Waals surface area (Å²) in [5.41, 5.74) is 1.43. The number of benzene rings is 1. The van der Waals surface area contributed by atoms with Gasteiger partial charge in [-0.25, -0.2) is 4.98 Å². The maximum Gasteiger partial charge on any atom is 0.310 e. The van der Waals surface area contributed by atoms with Crippen LogP contribution in [0, 0.1) is 0 Å². The first-order chi connectivity index (χ1) is 10.9. The van der Waals surface area contributed by atoms with Gasteiger partial charge in [0.05, 0.1) is 24.6 Å². The first-order valence-corrected chi connectivity index (χ1v) is 7.80. The summed E-state index contributed by atoms with van der Waals surface area (Å²) < 4.78 is 13.2. The van der Waals surface area contributed by atoms with Crippen molar-refractivity contribution in [3.8, 4) is 5.75 Å². The first-order valence-electron chi connectivity index (χ1n) is 7.80. The highest BCUT2D eigenvalue weighted by Crippen LogP contribution is 2.17. The van der Waals surface area contributed by atoms with E-state index in [9.17, 15) is 4.79 Å². The maximum absolute atomic E-state index is 11.9. The van der Waals surface area contributed by atoms with Gasteiger partial charge >= 0.3 is 5.97 Å². The lowest BCUT2D eigenvalue weighted by atomic mass is 10.1. The molecule has 0 aliphatic heterocycles. The van der Waals surface area contributed by atoms with Crippen LogP contribution in [0.25, 0.3) is 0 Å². The zero-order valence-corrected chi connectivity index (χ0v) is 14.2. The third kappa shape index (κ3) is 5.43. The molecule has 1 heterocycles. The van der Waals surface area contributed by atoms with Crippen LogP contribution in [-0.4, -0.2) is 21.1 Å². The molecule has 5 nitrogen and oxygen atoms in total. The number of aromatic nitrogens is 2. The van der Waals surface area contributed by atoms with Gasteiger partial charge in [-0.1, -0.05) is 12.1 Å². The molecular weight excluding hydrogens is 292 g/mol. The van der Waals surface area contributed by atoms with Crippen LogP contribution in [0.5, 0.6) is 5.75 Å². The molecular formula is C18H24N2O3. The summed E-state index contributed by atoms with van der Waals surface area (Å²) in [6, 6.07) is 7.53. The molecule has 0 unspecified atom stereocenters. The molecule has 0 aliphatic carbocycles. The van der Waals surface area contributed by atoms with Gasteiger partial charge in [-0.3, -0.25) is 4.79 Å².